The fourth-order valence-electron chi connectivity index (χ4n) is 4.04. The Hall–Kier alpha value is -2.85. The highest BCUT2D eigenvalue weighted by molar-refractivity contribution is 5.48. The lowest BCUT2D eigenvalue weighted by atomic mass is 9.85. The van der Waals surface area contributed by atoms with Gasteiger partial charge in [-0.3, -0.25) is 0 Å². The van der Waals surface area contributed by atoms with Crippen LogP contribution in [0.5, 0.6) is 11.5 Å². The highest BCUT2D eigenvalue weighted by Gasteiger charge is 2.23. The minimum atomic E-state index is -0.680. The van der Waals surface area contributed by atoms with Gasteiger partial charge in [0.25, 0.3) is 0 Å². The third kappa shape index (κ3) is 6.08. The van der Waals surface area contributed by atoms with Crippen LogP contribution < -0.4 is 9.47 Å². The summed E-state index contributed by atoms with van der Waals surface area (Å²) in [6, 6.07) is 21.4. The van der Waals surface area contributed by atoms with Crippen molar-refractivity contribution >= 4 is 0 Å². The molecule has 0 amide bonds. The maximum absolute atomic E-state index is 13.5. The second-order valence-corrected chi connectivity index (χ2v) is 7.89. The first kappa shape index (κ1) is 22.8. The number of hydrogen-bond acceptors (Lipinski definition) is 3. The number of halogens is 1. The van der Waals surface area contributed by atoms with Crippen LogP contribution in [-0.2, 0) is 12.8 Å². The summed E-state index contributed by atoms with van der Waals surface area (Å²) in [5, 5.41) is 11.3. The number of aliphatic hydroxyl groups excluding tert-OH is 1. The quantitative estimate of drug-likeness (QED) is 0.445. The summed E-state index contributed by atoms with van der Waals surface area (Å²) >= 11 is 0. The van der Waals surface area contributed by atoms with Gasteiger partial charge < -0.3 is 14.6 Å². The number of benzene rings is 3. The van der Waals surface area contributed by atoms with Crippen LogP contribution in [0.2, 0.25) is 0 Å². The summed E-state index contributed by atoms with van der Waals surface area (Å²) in [7, 11) is 3.24. The molecule has 4 heteroatoms. The van der Waals surface area contributed by atoms with Gasteiger partial charge in [-0.05, 0) is 85.5 Å². The van der Waals surface area contributed by atoms with E-state index in [4.69, 9.17) is 9.47 Å². The molecular weight excluding hydrogens is 391 g/mol. The summed E-state index contributed by atoms with van der Waals surface area (Å²) in [6.07, 6.45) is 2.47. The predicted molar refractivity (Wildman–Crippen MR) is 121 cm³/mol. The molecule has 2 atom stereocenters. The first-order valence-electron chi connectivity index (χ1n) is 10.6. The molecule has 3 nitrogen and oxygen atoms in total. The van der Waals surface area contributed by atoms with Crippen molar-refractivity contribution < 1.29 is 19.0 Å². The summed E-state index contributed by atoms with van der Waals surface area (Å²) in [4.78, 5) is 0. The van der Waals surface area contributed by atoms with Gasteiger partial charge in [-0.1, -0.05) is 36.4 Å². The fraction of sp³-hybridized carbons (Fsp3) is 0.333. The Bertz CT molecular complexity index is 946. The van der Waals surface area contributed by atoms with Gasteiger partial charge in [0.1, 0.15) is 17.3 Å². The van der Waals surface area contributed by atoms with Crippen LogP contribution in [0, 0.1) is 24.7 Å². The van der Waals surface area contributed by atoms with Crippen molar-refractivity contribution in [3.8, 4) is 11.5 Å². The maximum Gasteiger partial charge on any atom is 0.125 e. The van der Waals surface area contributed by atoms with Crippen LogP contribution in [-0.4, -0.2) is 19.3 Å². The minimum absolute atomic E-state index is 0.00641. The number of methoxy groups -OCH3 is 2. The Morgan fingerprint density at radius 2 is 1.65 bits per heavy atom. The minimum Gasteiger partial charge on any atom is -0.496 e. The highest BCUT2D eigenvalue weighted by atomic mass is 19.1. The second-order valence-electron chi connectivity index (χ2n) is 7.89. The molecule has 0 unspecified atom stereocenters. The van der Waals surface area contributed by atoms with E-state index >= 15 is 0 Å². The molecule has 0 aromatic heterocycles. The third-order valence-corrected chi connectivity index (χ3v) is 5.78. The lowest BCUT2D eigenvalue weighted by Gasteiger charge is -2.25. The standard InChI is InChI=1S/C27H30FO3/c1-19-25(30-2)17-23(18-26(19)31-3)27(29)22(15-20-9-5-4-6-10-20)13-7-11-21-12-8-14-24(28)16-21/h5-6,8-10,12,14,16-18,22,27,29H,7,11,13,15H2,1-3H3/t22-,27-/m0/s1. The van der Waals surface area contributed by atoms with Crippen LogP contribution in [0.25, 0.3) is 0 Å². The van der Waals surface area contributed by atoms with Crippen molar-refractivity contribution in [2.45, 2.75) is 38.7 Å². The second kappa shape index (κ2) is 11.0. The smallest absolute Gasteiger partial charge is 0.125 e. The molecule has 0 saturated carbocycles. The van der Waals surface area contributed by atoms with Crippen molar-refractivity contribution in [1.29, 1.82) is 0 Å². The van der Waals surface area contributed by atoms with Gasteiger partial charge in [0.2, 0.25) is 0 Å². The van der Waals surface area contributed by atoms with E-state index in [-0.39, 0.29) is 11.7 Å². The van der Waals surface area contributed by atoms with Gasteiger partial charge in [0.05, 0.1) is 20.3 Å². The molecule has 1 N–H and O–H groups in total. The van der Waals surface area contributed by atoms with Gasteiger partial charge in [-0.15, -0.1) is 0 Å². The van der Waals surface area contributed by atoms with Crippen LogP contribution in [0.1, 0.15) is 41.2 Å². The molecule has 0 heterocycles. The molecule has 31 heavy (non-hydrogen) atoms. The first-order chi connectivity index (χ1) is 15.0. The van der Waals surface area contributed by atoms with Gasteiger partial charge >= 0.3 is 0 Å². The van der Waals surface area contributed by atoms with E-state index in [1.807, 2.05) is 49.4 Å². The lowest BCUT2D eigenvalue weighted by molar-refractivity contribution is 0.101. The van der Waals surface area contributed by atoms with Crippen molar-refractivity contribution in [1.82, 2.24) is 0 Å². The number of rotatable bonds is 10. The van der Waals surface area contributed by atoms with Crippen molar-refractivity contribution in [2.75, 3.05) is 14.2 Å². The summed E-state index contributed by atoms with van der Waals surface area (Å²) in [5.41, 5.74) is 3.81. The van der Waals surface area contributed by atoms with Crippen molar-refractivity contribution in [3.05, 3.63) is 94.8 Å². The number of ether oxygens (including phenoxy) is 2. The van der Waals surface area contributed by atoms with Crippen molar-refractivity contribution in [2.24, 2.45) is 5.92 Å². The zero-order valence-corrected chi connectivity index (χ0v) is 18.4. The molecule has 163 valence electrons. The Balaban J connectivity index is 1.81. The van der Waals surface area contributed by atoms with E-state index in [2.05, 4.69) is 6.07 Å². The van der Waals surface area contributed by atoms with Crippen LogP contribution in [0.4, 0.5) is 4.39 Å². The Kier molecular flexibility index (Phi) is 8.07. The molecule has 0 saturated heterocycles. The fourth-order valence-corrected chi connectivity index (χ4v) is 4.04. The summed E-state index contributed by atoms with van der Waals surface area (Å²) in [6.45, 7) is 1.94. The van der Waals surface area contributed by atoms with E-state index in [0.29, 0.717) is 11.5 Å². The van der Waals surface area contributed by atoms with Crippen LogP contribution in [0.15, 0.2) is 60.7 Å². The van der Waals surface area contributed by atoms with Gasteiger partial charge in [-0.25, -0.2) is 4.39 Å². The van der Waals surface area contributed by atoms with Gasteiger partial charge in [-0.2, -0.15) is 0 Å². The predicted octanol–water partition coefficient (Wildman–Crippen LogP) is 5.87. The molecule has 0 spiro atoms. The van der Waals surface area contributed by atoms with Crippen LogP contribution in [0.3, 0.4) is 0 Å². The molecule has 3 aromatic carbocycles. The van der Waals surface area contributed by atoms with Gasteiger partial charge in [0.15, 0.2) is 0 Å². The Morgan fingerprint density at radius 3 is 2.26 bits per heavy atom. The molecule has 0 fully saturated rings. The highest BCUT2D eigenvalue weighted by Crippen LogP contribution is 2.36. The van der Waals surface area contributed by atoms with Crippen LogP contribution >= 0.6 is 0 Å². The SMILES string of the molecule is COc1cc([C@@H](O)[C@@H](CCCc2cccc(F)c2)Cc2cc[c]cc2)cc(OC)c1C. The van der Waals surface area contributed by atoms with E-state index in [1.54, 1.807) is 26.4 Å². The number of aryl methyl sites for hydroxylation is 1. The molecule has 3 rings (SSSR count). The van der Waals surface area contributed by atoms with Crippen molar-refractivity contribution in [3.63, 3.8) is 0 Å². The molecule has 1 radical (unpaired) electrons. The first-order valence-corrected chi connectivity index (χ1v) is 10.6. The summed E-state index contributed by atoms with van der Waals surface area (Å²) in [5.74, 6) is 1.17. The largest absolute Gasteiger partial charge is 0.496 e. The average molecular weight is 422 g/mol. The third-order valence-electron chi connectivity index (χ3n) is 5.78. The van der Waals surface area contributed by atoms with E-state index < -0.39 is 6.10 Å². The zero-order chi connectivity index (χ0) is 22.2. The molecule has 0 aliphatic heterocycles. The van der Waals surface area contributed by atoms with E-state index in [9.17, 15) is 9.50 Å². The molecular formula is C27H30FO3. The normalized spacial score (nSPS) is 12.9. The molecule has 0 bridgehead atoms. The summed E-state index contributed by atoms with van der Waals surface area (Å²) < 4.78 is 24.5. The Morgan fingerprint density at radius 1 is 0.968 bits per heavy atom. The van der Waals surface area contributed by atoms with E-state index in [1.165, 1.54) is 6.07 Å². The maximum atomic E-state index is 13.5. The topological polar surface area (TPSA) is 38.7 Å². The molecule has 3 aromatic rings. The van der Waals surface area contributed by atoms with E-state index in [0.717, 1.165) is 47.9 Å². The average Bonchev–Trinajstić information content (AvgIpc) is 2.79. The molecule has 0 aliphatic rings. The van der Waals surface area contributed by atoms with Gasteiger partial charge in [0, 0.05) is 5.56 Å². The number of hydrogen-bond donors (Lipinski definition) is 1. The monoisotopic (exact) mass is 421 g/mol. The number of aliphatic hydroxyl groups is 1. The lowest BCUT2D eigenvalue weighted by Crippen LogP contribution is -2.16. The Labute approximate surface area is 184 Å². The zero-order valence-electron chi connectivity index (χ0n) is 18.4. The molecule has 0 aliphatic carbocycles.